The van der Waals surface area contributed by atoms with Crippen molar-refractivity contribution in [2.45, 2.75) is 366 Å². The number of hydrogen-bond acceptors (Lipinski definition) is 5. The van der Waals surface area contributed by atoms with Crippen molar-refractivity contribution < 1.29 is 24.5 Å². The van der Waals surface area contributed by atoms with Gasteiger partial charge in [-0.2, -0.15) is 0 Å². The van der Waals surface area contributed by atoms with Crippen molar-refractivity contribution in [3.8, 4) is 0 Å². The van der Waals surface area contributed by atoms with Gasteiger partial charge in [-0.25, -0.2) is 0 Å². The van der Waals surface area contributed by atoms with E-state index in [1.165, 1.54) is 276 Å². The zero-order valence-corrected chi connectivity index (χ0v) is 48.0. The Morgan fingerprint density at radius 1 is 0.380 bits per heavy atom. The monoisotopic (exact) mass is 1000 g/mol. The zero-order chi connectivity index (χ0) is 51.4. The van der Waals surface area contributed by atoms with Crippen LogP contribution in [-0.4, -0.2) is 47.4 Å². The van der Waals surface area contributed by atoms with Crippen LogP contribution in [0.3, 0.4) is 0 Å². The van der Waals surface area contributed by atoms with Crippen LogP contribution in [0.2, 0.25) is 0 Å². The van der Waals surface area contributed by atoms with Crippen LogP contribution in [0.15, 0.2) is 24.3 Å². The quantitative estimate of drug-likeness (QED) is 0.0320. The molecule has 0 radical (unpaired) electrons. The molecule has 0 bridgehead atoms. The molecule has 420 valence electrons. The highest BCUT2D eigenvalue weighted by Gasteiger charge is 2.20. The topological polar surface area (TPSA) is 95.9 Å². The maximum Gasteiger partial charge on any atom is 0.305 e. The maximum atomic E-state index is 12.5. The maximum absolute atomic E-state index is 12.5. The predicted molar refractivity (Wildman–Crippen MR) is 310 cm³/mol. The molecular formula is C65H125NO5. The zero-order valence-electron chi connectivity index (χ0n) is 48.0. The van der Waals surface area contributed by atoms with Gasteiger partial charge in [0.05, 0.1) is 25.4 Å². The Labute approximate surface area is 443 Å². The van der Waals surface area contributed by atoms with E-state index in [1.54, 1.807) is 0 Å². The summed E-state index contributed by atoms with van der Waals surface area (Å²) < 4.78 is 5.49. The number of ether oxygens (including phenoxy) is 1. The lowest BCUT2D eigenvalue weighted by Crippen LogP contribution is -2.45. The Bertz CT molecular complexity index is 1110. The van der Waals surface area contributed by atoms with Crippen molar-refractivity contribution in [2.24, 2.45) is 0 Å². The molecule has 2 atom stereocenters. The van der Waals surface area contributed by atoms with Crippen molar-refractivity contribution >= 4 is 11.9 Å². The first-order chi connectivity index (χ1) is 35.0. The number of nitrogens with one attached hydrogen (secondary N) is 1. The highest BCUT2D eigenvalue weighted by molar-refractivity contribution is 5.76. The van der Waals surface area contributed by atoms with E-state index < -0.39 is 12.1 Å². The molecule has 0 saturated carbocycles. The van der Waals surface area contributed by atoms with Crippen molar-refractivity contribution in [1.29, 1.82) is 0 Å². The second-order valence-corrected chi connectivity index (χ2v) is 22.1. The van der Waals surface area contributed by atoms with E-state index in [-0.39, 0.29) is 18.5 Å². The first kappa shape index (κ1) is 69.3. The highest BCUT2D eigenvalue weighted by atomic mass is 16.5. The number of allylic oxidation sites excluding steroid dienone is 4. The van der Waals surface area contributed by atoms with Crippen molar-refractivity contribution in [3.63, 3.8) is 0 Å². The van der Waals surface area contributed by atoms with Gasteiger partial charge in [0.25, 0.3) is 0 Å². The molecule has 0 saturated heterocycles. The molecule has 0 aromatic heterocycles. The molecule has 1 amide bonds. The van der Waals surface area contributed by atoms with Gasteiger partial charge in [-0.3, -0.25) is 9.59 Å². The lowest BCUT2D eigenvalue weighted by molar-refractivity contribution is -0.143. The minimum Gasteiger partial charge on any atom is -0.466 e. The fourth-order valence-corrected chi connectivity index (χ4v) is 10.0. The van der Waals surface area contributed by atoms with Gasteiger partial charge in [-0.05, 0) is 77.0 Å². The van der Waals surface area contributed by atoms with Gasteiger partial charge in [0, 0.05) is 12.8 Å². The smallest absolute Gasteiger partial charge is 0.305 e. The lowest BCUT2D eigenvalue weighted by Gasteiger charge is -2.22. The molecule has 0 aromatic carbocycles. The standard InChI is InChI=1S/C65H125NO5/c1-3-5-7-9-11-13-15-17-19-31-35-39-43-47-51-55-59-65(70)71-60-56-52-48-44-40-36-32-28-26-24-22-20-21-23-25-27-30-34-38-42-46-50-54-58-64(69)66-62(61-67)63(68)57-53-49-45-41-37-33-29-18-16-14-12-10-8-6-4-2/h19,23,25,31,62-63,67-68H,3-18,20-22,24,26-30,32-61H2,1-2H3,(H,66,69)/b25-23-,31-19-. The summed E-state index contributed by atoms with van der Waals surface area (Å²) in [5.74, 6) is -0.0348. The second-order valence-electron chi connectivity index (χ2n) is 22.1. The summed E-state index contributed by atoms with van der Waals surface area (Å²) in [5, 5.41) is 23.3. The fraction of sp³-hybridized carbons (Fsp3) is 0.908. The summed E-state index contributed by atoms with van der Waals surface area (Å²) >= 11 is 0. The van der Waals surface area contributed by atoms with E-state index in [0.717, 1.165) is 44.9 Å². The molecule has 6 heteroatoms. The van der Waals surface area contributed by atoms with Crippen LogP contribution in [0.4, 0.5) is 0 Å². The van der Waals surface area contributed by atoms with Gasteiger partial charge in [0.15, 0.2) is 0 Å². The fourth-order valence-electron chi connectivity index (χ4n) is 10.0. The van der Waals surface area contributed by atoms with Crippen LogP contribution in [0.25, 0.3) is 0 Å². The number of esters is 1. The van der Waals surface area contributed by atoms with Crippen LogP contribution in [0, 0.1) is 0 Å². The predicted octanol–water partition coefficient (Wildman–Crippen LogP) is 20.2. The van der Waals surface area contributed by atoms with Gasteiger partial charge < -0.3 is 20.3 Å². The number of rotatable bonds is 60. The van der Waals surface area contributed by atoms with E-state index in [1.807, 2.05) is 0 Å². The normalized spacial score (nSPS) is 12.7. The van der Waals surface area contributed by atoms with E-state index in [2.05, 4.69) is 43.5 Å². The second kappa shape index (κ2) is 60.9. The van der Waals surface area contributed by atoms with E-state index in [9.17, 15) is 19.8 Å². The molecule has 0 fully saturated rings. The summed E-state index contributed by atoms with van der Waals surface area (Å²) in [6, 6.07) is -0.546. The number of hydrogen-bond donors (Lipinski definition) is 3. The average molecular weight is 1000 g/mol. The summed E-state index contributed by atoms with van der Waals surface area (Å²) in [6.45, 7) is 4.96. The van der Waals surface area contributed by atoms with E-state index >= 15 is 0 Å². The minimum absolute atomic E-state index is 0.00461. The third-order valence-corrected chi connectivity index (χ3v) is 15.0. The average Bonchev–Trinajstić information content (AvgIpc) is 3.37. The van der Waals surface area contributed by atoms with Crippen LogP contribution in [0.5, 0.6) is 0 Å². The van der Waals surface area contributed by atoms with E-state index in [0.29, 0.717) is 25.9 Å². The lowest BCUT2D eigenvalue weighted by atomic mass is 10.0. The number of carbonyl (C=O) groups is 2. The van der Waals surface area contributed by atoms with E-state index in [4.69, 9.17) is 4.74 Å². The molecule has 0 aliphatic heterocycles. The van der Waals surface area contributed by atoms with Gasteiger partial charge in [0.1, 0.15) is 0 Å². The molecular weight excluding hydrogens is 875 g/mol. The molecule has 0 aliphatic rings. The Balaban J connectivity index is 3.40. The number of aliphatic hydroxyl groups is 2. The molecule has 2 unspecified atom stereocenters. The largest absolute Gasteiger partial charge is 0.466 e. The van der Waals surface area contributed by atoms with Gasteiger partial charge in [-0.1, -0.05) is 289 Å². The van der Waals surface area contributed by atoms with Crippen LogP contribution >= 0.6 is 0 Å². The SMILES string of the molecule is CCCCCCCCC/C=C\CCCCCCCC(=O)OCCCCCCCCCCCCCC/C=C\CCCCCCCCCC(=O)NC(CO)C(O)CCCCCCCCCCCCCCCCC. The number of unbranched alkanes of at least 4 members (excludes halogenated alkanes) is 45. The number of aliphatic hydroxyl groups excluding tert-OH is 2. The molecule has 0 aromatic rings. The first-order valence-electron chi connectivity index (χ1n) is 32.1. The summed E-state index contributed by atoms with van der Waals surface area (Å²) in [5.41, 5.74) is 0. The molecule has 0 aliphatic carbocycles. The van der Waals surface area contributed by atoms with Crippen molar-refractivity contribution in [2.75, 3.05) is 13.2 Å². The number of amides is 1. The summed E-state index contributed by atoms with van der Waals surface area (Å²) in [4.78, 5) is 24.6. The highest BCUT2D eigenvalue weighted by Crippen LogP contribution is 2.18. The summed E-state index contributed by atoms with van der Waals surface area (Å²) in [6.07, 6.45) is 74.8. The van der Waals surface area contributed by atoms with Crippen LogP contribution < -0.4 is 5.32 Å². The van der Waals surface area contributed by atoms with Crippen LogP contribution in [0.1, 0.15) is 354 Å². The Morgan fingerprint density at radius 2 is 0.662 bits per heavy atom. The third-order valence-electron chi connectivity index (χ3n) is 15.0. The Hall–Kier alpha value is -1.66. The van der Waals surface area contributed by atoms with Gasteiger partial charge in [0.2, 0.25) is 5.91 Å². The molecule has 71 heavy (non-hydrogen) atoms. The van der Waals surface area contributed by atoms with Crippen molar-refractivity contribution in [1.82, 2.24) is 5.32 Å². The van der Waals surface area contributed by atoms with Gasteiger partial charge >= 0.3 is 5.97 Å². The first-order valence-corrected chi connectivity index (χ1v) is 32.1. The van der Waals surface area contributed by atoms with Crippen molar-refractivity contribution in [3.05, 3.63) is 24.3 Å². The molecule has 0 rings (SSSR count). The summed E-state index contributed by atoms with van der Waals surface area (Å²) in [7, 11) is 0. The third kappa shape index (κ3) is 57.5. The Morgan fingerprint density at radius 3 is 1.00 bits per heavy atom. The van der Waals surface area contributed by atoms with Crippen LogP contribution in [-0.2, 0) is 14.3 Å². The molecule has 0 heterocycles. The molecule has 3 N–H and O–H groups in total. The Kier molecular flexibility index (Phi) is 59.5. The molecule has 0 spiro atoms. The molecule has 6 nitrogen and oxygen atoms in total. The minimum atomic E-state index is -0.668. The van der Waals surface area contributed by atoms with Gasteiger partial charge in [-0.15, -0.1) is 0 Å². The number of carbonyl (C=O) groups excluding carboxylic acids is 2.